The molecule has 27 heavy (non-hydrogen) atoms. The molecule has 0 unspecified atom stereocenters. The number of sulfonamides is 1. The maximum absolute atomic E-state index is 13.3. The van der Waals surface area contributed by atoms with Gasteiger partial charge < -0.3 is 9.09 Å². The minimum Gasteiger partial charge on any atom is -0.350 e. The van der Waals surface area contributed by atoms with Crippen molar-refractivity contribution in [1.82, 2.24) is 14.7 Å². The molecule has 0 aliphatic heterocycles. The van der Waals surface area contributed by atoms with Crippen LogP contribution in [0.5, 0.6) is 0 Å². The Labute approximate surface area is 157 Å². The van der Waals surface area contributed by atoms with E-state index >= 15 is 0 Å². The standard InChI is InChI=1S/C18H21FN4O3S/c1-6-15-20-18(26-21-15)16-11(3)23(5)12(4)17(16)27(24,25)22-14-8-7-13(19)9-10(14)2/h7-9,22H,6H2,1-5H3. The van der Waals surface area contributed by atoms with Gasteiger partial charge in [0.2, 0.25) is 0 Å². The van der Waals surface area contributed by atoms with E-state index in [0.29, 0.717) is 40.4 Å². The molecule has 0 fully saturated rings. The van der Waals surface area contributed by atoms with Crippen molar-refractivity contribution < 1.29 is 17.3 Å². The second-order valence-corrected chi connectivity index (χ2v) is 7.99. The Morgan fingerprint density at radius 1 is 1.22 bits per heavy atom. The Kier molecular flexibility index (Phi) is 4.81. The van der Waals surface area contributed by atoms with Gasteiger partial charge in [-0.15, -0.1) is 0 Å². The van der Waals surface area contributed by atoms with Crippen LogP contribution in [0.2, 0.25) is 0 Å². The van der Waals surface area contributed by atoms with Crippen molar-refractivity contribution in [2.24, 2.45) is 7.05 Å². The summed E-state index contributed by atoms with van der Waals surface area (Å²) in [7, 11) is -2.21. The molecule has 7 nitrogen and oxygen atoms in total. The third-order valence-corrected chi connectivity index (χ3v) is 6.15. The molecule has 0 saturated carbocycles. The van der Waals surface area contributed by atoms with E-state index in [4.69, 9.17) is 4.52 Å². The normalized spacial score (nSPS) is 11.8. The predicted molar refractivity (Wildman–Crippen MR) is 99.5 cm³/mol. The highest BCUT2D eigenvalue weighted by molar-refractivity contribution is 7.93. The average Bonchev–Trinajstić information content (AvgIpc) is 3.16. The van der Waals surface area contributed by atoms with Gasteiger partial charge in [0.25, 0.3) is 15.9 Å². The summed E-state index contributed by atoms with van der Waals surface area (Å²) in [4.78, 5) is 4.36. The van der Waals surface area contributed by atoms with E-state index in [1.807, 2.05) is 6.92 Å². The second-order valence-electron chi connectivity index (χ2n) is 6.37. The van der Waals surface area contributed by atoms with Crippen LogP contribution in [-0.2, 0) is 23.5 Å². The molecule has 9 heteroatoms. The summed E-state index contributed by atoms with van der Waals surface area (Å²) >= 11 is 0. The number of hydrogen-bond donors (Lipinski definition) is 1. The SMILES string of the molecule is CCc1noc(-c2c(S(=O)(=O)Nc3ccc(F)cc3C)c(C)n(C)c2C)n1. The van der Waals surface area contributed by atoms with E-state index in [9.17, 15) is 12.8 Å². The lowest BCUT2D eigenvalue weighted by molar-refractivity contribution is 0.422. The summed E-state index contributed by atoms with van der Waals surface area (Å²) in [5.74, 6) is 0.224. The first-order valence-electron chi connectivity index (χ1n) is 8.43. The van der Waals surface area contributed by atoms with Crippen LogP contribution in [0.3, 0.4) is 0 Å². The van der Waals surface area contributed by atoms with Crippen molar-refractivity contribution in [2.45, 2.75) is 39.0 Å². The average molecular weight is 392 g/mol. The largest absolute Gasteiger partial charge is 0.350 e. The van der Waals surface area contributed by atoms with E-state index in [-0.39, 0.29) is 10.8 Å². The number of anilines is 1. The summed E-state index contributed by atoms with van der Waals surface area (Å²) < 4.78 is 49.3. The number of rotatable bonds is 5. The molecule has 0 radical (unpaired) electrons. The Morgan fingerprint density at radius 2 is 1.93 bits per heavy atom. The van der Waals surface area contributed by atoms with Gasteiger partial charge in [-0.1, -0.05) is 12.1 Å². The van der Waals surface area contributed by atoms with E-state index in [1.54, 1.807) is 32.4 Å². The van der Waals surface area contributed by atoms with E-state index < -0.39 is 15.8 Å². The van der Waals surface area contributed by atoms with Crippen LogP contribution < -0.4 is 4.72 Å². The lowest BCUT2D eigenvalue weighted by Gasteiger charge is -2.11. The van der Waals surface area contributed by atoms with E-state index in [1.165, 1.54) is 18.2 Å². The maximum atomic E-state index is 13.3. The fraction of sp³-hybridized carbons (Fsp3) is 0.333. The fourth-order valence-electron chi connectivity index (χ4n) is 2.93. The van der Waals surface area contributed by atoms with Crippen LogP contribution in [-0.4, -0.2) is 23.1 Å². The molecule has 0 aliphatic carbocycles. The molecule has 1 N–H and O–H groups in total. The van der Waals surface area contributed by atoms with Crippen LogP contribution in [0.1, 0.15) is 29.7 Å². The lowest BCUT2D eigenvalue weighted by atomic mass is 10.2. The minimum atomic E-state index is -3.98. The molecule has 2 heterocycles. The lowest BCUT2D eigenvalue weighted by Crippen LogP contribution is -2.15. The van der Waals surface area contributed by atoms with Gasteiger partial charge in [-0.25, -0.2) is 12.8 Å². The summed E-state index contributed by atoms with van der Waals surface area (Å²) in [6.07, 6.45) is 0.573. The predicted octanol–water partition coefficient (Wildman–Crippen LogP) is 3.50. The third kappa shape index (κ3) is 3.34. The molecule has 3 rings (SSSR count). The summed E-state index contributed by atoms with van der Waals surface area (Å²) in [5, 5.41) is 3.87. The van der Waals surface area contributed by atoms with Gasteiger partial charge in [-0.2, -0.15) is 4.98 Å². The first-order chi connectivity index (χ1) is 12.7. The summed E-state index contributed by atoms with van der Waals surface area (Å²) in [5.41, 5.74) is 2.38. The number of halogens is 1. The Bertz CT molecular complexity index is 1120. The van der Waals surface area contributed by atoms with Crippen molar-refractivity contribution in [3.05, 3.63) is 46.8 Å². The number of aromatic nitrogens is 3. The topological polar surface area (TPSA) is 90.0 Å². The molecule has 0 saturated heterocycles. The molecular weight excluding hydrogens is 371 g/mol. The van der Waals surface area contributed by atoms with Crippen LogP contribution in [0, 0.1) is 26.6 Å². The van der Waals surface area contributed by atoms with Crippen LogP contribution in [0.15, 0.2) is 27.6 Å². The maximum Gasteiger partial charge on any atom is 0.264 e. The molecule has 0 aliphatic rings. The van der Waals surface area contributed by atoms with Crippen molar-refractivity contribution in [3.8, 4) is 11.5 Å². The number of aryl methyl sites for hydroxylation is 2. The molecule has 3 aromatic rings. The van der Waals surface area contributed by atoms with Gasteiger partial charge in [0, 0.05) is 24.9 Å². The van der Waals surface area contributed by atoms with Crippen LogP contribution in [0.25, 0.3) is 11.5 Å². The van der Waals surface area contributed by atoms with E-state index in [2.05, 4.69) is 14.9 Å². The van der Waals surface area contributed by atoms with Crippen LogP contribution >= 0.6 is 0 Å². The minimum absolute atomic E-state index is 0.0672. The first-order valence-corrected chi connectivity index (χ1v) is 9.91. The fourth-order valence-corrected chi connectivity index (χ4v) is 4.58. The smallest absolute Gasteiger partial charge is 0.264 e. The molecule has 0 bridgehead atoms. The molecular formula is C18H21FN4O3S. The van der Waals surface area contributed by atoms with Crippen LogP contribution in [0.4, 0.5) is 10.1 Å². The highest BCUT2D eigenvalue weighted by Gasteiger charge is 2.31. The molecule has 144 valence electrons. The Hall–Kier alpha value is -2.68. The second kappa shape index (κ2) is 6.80. The Balaban J connectivity index is 2.16. The molecule has 0 amide bonds. The van der Waals surface area contributed by atoms with Gasteiger partial charge in [-0.05, 0) is 44.5 Å². The zero-order valence-electron chi connectivity index (χ0n) is 15.8. The van der Waals surface area contributed by atoms with Crippen molar-refractivity contribution in [3.63, 3.8) is 0 Å². The molecule has 0 atom stereocenters. The van der Waals surface area contributed by atoms with Gasteiger partial charge >= 0.3 is 0 Å². The van der Waals surface area contributed by atoms with Crippen molar-refractivity contribution in [2.75, 3.05) is 4.72 Å². The number of nitrogens with zero attached hydrogens (tertiary/aromatic N) is 3. The quantitative estimate of drug-likeness (QED) is 0.718. The zero-order chi connectivity index (χ0) is 19.9. The zero-order valence-corrected chi connectivity index (χ0v) is 16.6. The summed E-state index contributed by atoms with van der Waals surface area (Å²) in [6.45, 7) is 7.02. The third-order valence-electron chi connectivity index (χ3n) is 4.62. The van der Waals surface area contributed by atoms with Crippen molar-refractivity contribution in [1.29, 1.82) is 0 Å². The molecule has 0 spiro atoms. The number of nitrogens with one attached hydrogen (secondary N) is 1. The van der Waals surface area contributed by atoms with Gasteiger partial charge in [0.15, 0.2) is 5.82 Å². The van der Waals surface area contributed by atoms with Gasteiger partial charge in [0.05, 0.1) is 11.3 Å². The van der Waals surface area contributed by atoms with E-state index in [0.717, 1.165) is 0 Å². The highest BCUT2D eigenvalue weighted by Crippen LogP contribution is 2.35. The number of hydrogen-bond acceptors (Lipinski definition) is 5. The number of benzene rings is 1. The molecule has 2 aromatic heterocycles. The Morgan fingerprint density at radius 3 is 2.52 bits per heavy atom. The highest BCUT2D eigenvalue weighted by atomic mass is 32.2. The summed E-state index contributed by atoms with van der Waals surface area (Å²) in [6, 6.07) is 3.88. The van der Waals surface area contributed by atoms with Crippen molar-refractivity contribution >= 4 is 15.7 Å². The van der Waals surface area contributed by atoms with Gasteiger partial charge in [0.1, 0.15) is 10.7 Å². The molecule has 1 aromatic carbocycles. The van der Waals surface area contributed by atoms with Gasteiger partial charge in [-0.3, -0.25) is 4.72 Å². The first kappa shape index (κ1) is 19.1. The monoisotopic (exact) mass is 392 g/mol.